The number of carbonyl (C=O) groups excluding carboxylic acids is 1. The Hall–Kier alpha value is -4.28. The molecule has 2 aliphatic rings. The van der Waals surface area contributed by atoms with Crippen molar-refractivity contribution in [3.05, 3.63) is 117 Å². The lowest BCUT2D eigenvalue weighted by Gasteiger charge is -2.44. The van der Waals surface area contributed by atoms with E-state index in [1.165, 1.54) is 24.3 Å². The molecule has 0 unspecified atom stereocenters. The third-order valence-electron chi connectivity index (χ3n) is 8.03. The number of benzene rings is 3. The molecule has 2 bridgehead atoms. The molecule has 0 aliphatic carbocycles. The van der Waals surface area contributed by atoms with Crippen molar-refractivity contribution < 1.29 is 17.9 Å². The quantitative estimate of drug-likeness (QED) is 0.292. The first-order chi connectivity index (χ1) is 20.7. The van der Waals surface area contributed by atoms with Crippen LogP contribution in [-0.4, -0.2) is 39.1 Å². The fourth-order valence-corrected chi connectivity index (χ4v) is 7.20. The standard InChI is InChI=1S/C32H31ClN4O5S/c1-42-26-5-2-4-21(15-26)17-34-32(39)23-8-13-30(28(16-23)35-43(40,41)27-11-9-25(33)10-12-27)36-18-22-14-24(20-36)29-6-3-7-31(38)37(29)19-22/h2-13,15-16,22,24,35H,14,17-20H2,1H3,(H,34,39)/t22-,24+/m1/s1. The van der Waals surface area contributed by atoms with E-state index in [0.717, 1.165) is 17.7 Å². The Labute approximate surface area is 255 Å². The number of hydrogen-bond acceptors (Lipinski definition) is 6. The van der Waals surface area contributed by atoms with Gasteiger partial charge in [0.2, 0.25) is 0 Å². The molecule has 43 heavy (non-hydrogen) atoms. The predicted octanol–water partition coefficient (Wildman–Crippen LogP) is 4.86. The van der Waals surface area contributed by atoms with E-state index in [0.29, 0.717) is 47.3 Å². The van der Waals surface area contributed by atoms with Crippen molar-refractivity contribution in [1.29, 1.82) is 0 Å². The van der Waals surface area contributed by atoms with Crippen LogP contribution in [0, 0.1) is 5.92 Å². The van der Waals surface area contributed by atoms with Crippen LogP contribution in [0.4, 0.5) is 11.4 Å². The van der Waals surface area contributed by atoms with Crippen LogP contribution < -0.4 is 25.2 Å². The number of piperidine rings is 1. The maximum absolute atomic E-state index is 13.5. The second kappa shape index (κ2) is 11.8. The van der Waals surface area contributed by atoms with Crippen LogP contribution in [0.5, 0.6) is 5.75 Å². The fourth-order valence-electron chi connectivity index (χ4n) is 6.01. The molecule has 3 heterocycles. The minimum atomic E-state index is -4.00. The number of halogens is 1. The number of aromatic nitrogens is 1. The summed E-state index contributed by atoms with van der Waals surface area (Å²) in [6.07, 6.45) is 0.955. The Bertz CT molecular complexity index is 1840. The van der Waals surface area contributed by atoms with Gasteiger partial charge >= 0.3 is 0 Å². The summed E-state index contributed by atoms with van der Waals surface area (Å²) < 4.78 is 36.8. The van der Waals surface area contributed by atoms with Crippen LogP contribution >= 0.6 is 11.6 Å². The molecule has 4 aromatic rings. The zero-order valence-electron chi connectivity index (χ0n) is 23.5. The molecule has 0 spiro atoms. The minimum absolute atomic E-state index is 0.00127. The molecule has 0 radical (unpaired) electrons. The molecule has 1 saturated heterocycles. The number of hydrogen-bond donors (Lipinski definition) is 2. The molecule has 222 valence electrons. The first-order valence-electron chi connectivity index (χ1n) is 14.0. The second-order valence-electron chi connectivity index (χ2n) is 10.9. The Morgan fingerprint density at radius 1 is 0.977 bits per heavy atom. The molecule has 2 N–H and O–H groups in total. The van der Waals surface area contributed by atoms with Crippen LogP contribution in [0.15, 0.2) is 94.6 Å². The highest BCUT2D eigenvalue weighted by atomic mass is 35.5. The Kier molecular flexibility index (Phi) is 7.89. The maximum Gasteiger partial charge on any atom is 0.261 e. The van der Waals surface area contributed by atoms with Gasteiger partial charge in [-0.15, -0.1) is 0 Å². The SMILES string of the molecule is COc1cccc(CNC(=O)c2ccc(N3C[C@H]4C[C@@H](C3)c3cccc(=O)n3C4)c(NS(=O)(=O)c3ccc(Cl)cc3)c2)c1. The number of nitrogens with one attached hydrogen (secondary N) is 2. The Morgan fingerprint density at radius 3 is 2.56 bits per heavy atom. The van der Waals surface area contributed by atoms with Gasteiger partial charge < -0.3 is 19.5 Å². The van der Waals surface area contributed by atoms with Crippen LogP contribution in [0.25, 0.3) is 0 Å². The molecule has 0 saturated carbocycles. The van der Waals surface area contributed by atoms with Crippen molar-refractivity contribution in [2.75, 3.05) is 29.8 Å². The van der Waals surface area contributed by atoms with E-state index in [9.17, 15) is 18.0 Å². The van der Waals surface area contributed by atoms with Crippen LogP contribution in [0.3, 0.4) is 0 Å². The summed E-state index contributed by atoms with van der Waals surface area (Å²) in [6, 6.07) is 23.8. The molecule has 11 heteroatoms. The number of nitrogens with zero attached hydrogens (tertiary/aromatic N) is 2. The maximum atomic E-state index is 13.5. The van der Waals surface area contributed by atoms with E-state index in [1.807, 2.05) is 34.9 Å². The number of carbonyl (C=O) groups is 1. The highest BCUT2D eigenvalue weighted by Gasteiger charge is 2.35. The van der Waals surface area contributed by atoms with Gasteiger partial charge in [-0.2, -0.15) is 0 Å². The summed E-state index contributed by atoms with van der Waals surface area (Å²) in [6.45, 7) is 2.14. The van der Waals surface area contributed by atoms with E-state index >= 15 is 0 Å². The number of anilines is 2. The van der Waals surface area contributed by atoms with Gasteiger partial charge in [-0.1, -0.05) is 29.8 Å². The summed E-state index contributed by atoms with van der Waals surface area (Å²) in [4.78, 5) is 27.9. The summed E-state index contributed by atoms with van der Waals surface area (Å²) in [5.41, 5.74) is 3.14. The largest absolute Gasteiger partial charge is 0.497 e. The van der Waals surface area contributed by atoms with Gasteiger partial charge in [-0.25, -0.2) is 8.42 Å². The number of pyridine rings is 1. The number of amides is 1. The molecule has 6 rings (SSSR count). The summed E-state index contributed by atoms with van der Waals surface area (Å²) in [5.74, 6) is 0.685. The summed E-state index contributed by atoms with van der Waals surface area (Å²) >= 11 is 5.99. The van der Waals surface area contributed by atoms with E-state index in [4.69, 9.17) is 16.3 Å². The van der Waals surface area contributed by atoms with E-state index < -0.39 is 10.0 Å². The highest BCUT2D eigenvalue weighted by Crippen LogP contribution is 2.40. The molecule has 1 aromatic heterocycles. The Balaban J connectivity index is 1.31. The number of rotatable bonds is 8. The third kappa shape index (κ3) is 6.11. The second-order valence-corrected chi connectivity index (χ2v) is 13.0. The number of sulfonamides is 1. The first-order valence-corrected chi connectivity index (χ1v) is 15.8. The predicted molar refractivity (Wildman–Crippen MR) is 167 cm³/mol. The first kappa shape index (κ1) is 28.8. The van der Waals surface area contributed by atoms with E-state index in [2.05, 4.69) is 14.9 Å². The smallest absolute Gasteiger partial charge is 0.261 e. The lowest BCUT2D eigenvalue weighted by atomic mass is 9.83. The number of ether oxygens (including phenoxy) is 1. The van der Waals surface area contributed by atoms with Gasteiger partial charge in [0.05, 0.1) is 23.4 Å². The molecular formula is C32H31ClN4O5S. The zero-order chi connectivity index (χ0) is 30.1. The minimum Gasteiger partial charge on any atom is -0.497 e. The van der Waals surface area contributed by atoms with Crippen LogP contribution in [-0.2, 0) is 23.1 Å². The Morgan fingerprint density at radius 2 is 1.77 bits per heavy atom. The number of methoxy groups -OCH3 is 1. The molecule has 1 fully saturated rings. The lowest BCUT2D eigenvalue weighted by Crippen LogP contribution is -2.47. The van der Waals surface area contributed by atoms with Crippen molar-refractivity contribution in [2.24, 2.45) is 5.92 Å². The van der Waals surface area contributed by atoms with Crippen molar-refractivity contribution >= 4 is 38.9 Å². The van der Waals surface area contributed by atoms with E-state index in [-0.39, 0.29) is 34.7 Å². The van der Waals surface area contributed by atoms with Crippen LogP contribution in [0.2, 0.25) is 5.02 Å². The lowest BCUT2D eigenvalue weighted by molar-refractivity contribution is 0.0951. The van der Waals surface area contributed by atoms with Gasteiger partial charge in [0.1, 0.15) is 5.75 Å². The van der Waals surface area contributed by atoms with Crippen molar-refractivity contribution in [3.63, 3.8) is 0 Å². The molecule has 3 aromatic carbocycles. The molecular weight excluding hydrogens is 588 g/mol. The van der Waals surface area contributed by atoms with Crippen molar-refractivity contribution in [1.82, 2.24) is 9.88 Å². The molecule has 1 amide bonds. The monoisotopic (exact) mass is 618 g/mol. The number of fused-ring (bicyclic) bond motifs is 4. The van der Waals surface area contributed by atoms with Gasteiger partial charge in [0.25, 0.3) is 21.5 Å². The summed E-state index contributed by atoms with van der Waals surface area (Å²) in [7, 11) is -2.41. The zero-order valence-corrected chi connectivity index (χ0v) is 25.1. The normalized spacial score (nSPS) is 17.6. The van der Waals surface area contributed by atoms with Gasteiger partial charge in [-0.05, 0) is 78.6 Å². The topological polar surface area (TPSA) is 110 Å². The van der Waals surface area contributed by atoms with Gasteiger partial charge in [0.15, 0.2) is 0 Å². The van der Waals surface area contributed by atoms with Crippen molar-refractivity contribution in [3.8, 4) is 5.75 Å². The van der Waals surface area contributed by atoms with Gasteiger partial charge in [-0.3, -0.25) is 14.3 Å². The average Bonchev–Trinajstić information content (AvgIpc) is 3.00. The van der Waals surface area contributed by atoms with Crippen molar-refractivity contribution in [2.45, 2.75) is 30.3 Å². The summed E-state index contributed by atoms with van der Waals surface area (Å²) in [5, 5.41) is 3.33. The van der Waals surface area contributed by atoms with Crippen LogP contribution in [0.1, 0.15) is 34.0 Å². The molecule has 2 atom stereocenters. The third-order valence-corrected chi connectivity index (χ3v) is 9.67. The average molecular weight is 619 g/mol. The van der Waals surface area contributed by atoms with E-state index in [1.54, 1.807) is 37.4 Å². The molecule has 9 nitrogen and oxygen atoms in total. The fraction of sp³-hybridized carbons (Fsp3) is 0.250. The molecule has 2 aliphatic heterocycles. The highest BCUT2D eigenvalue weighted by molar-refractivity contribution is 7.92. The van der Waals surface area contributed by atoms with Gasteiger partial charge in [0, 0.05) is 54.4 Å².